The fourth-order valence-electron chi connectivity index (χ4n) is 7.02. The first-order chi connectivity index (χ1) is 31.2. The molecule has 0 aromatic carbocycles. The lowest BCUT2D eigenvalue weighted by molar-refractivity contribution is -0.220. The lowest BCUT2D eigenvalue weighted by Crippen LogP contribution is -2.64. The van der Waals surface area contributed by atoms with Crippen molar-refractivity contribution in [3.05, 3.63) is 60.8 Å². The number of hydrogen-bond acceptors (Lipinski definition) is 14. The maximum Gasteiger partial charge on any atom is 0.472 e. The van der Waals surface area contributed by atoms with Gasteiger partial charge in [-0.1, -0.05) is 139 Å². The molecule has 0 aromatic heterocycles. The van der Waals surface area contributed by atoms with Gasteiger partial charge in [-0.25, -0.2) is 4.57 Å². The van der Waals surface area contributed by atoms with E-state index in [1.807, 2.05) is 18.2 Å². The Kier molecular flexibility index (Phi) is 35.8. The number of aliphatic hydroxyl groups is 7. The van der Waals surface area contributed by atoms with Gasteiger partial charge < -0.3 is 50.1 Å². The standard InChI is InChI=1S/C49H85O15P/c1-3-5-7-9-11-13-15-17-18-19-20-21-23-25-27-29-31-35-42(52)61-37-39(38-62-65(59,60)64-49-47(57)45(55)44(54)46(56)48(49)58)63-43(53)36-32-34-41(51)40(50)33-30-28-26-24-22-16-14-12-10-8-6-4-2/h6,8,12,14,17-18,22,24,28,30,39-41,44-51,54-58H,3-5,7,9-11,13,15-16,19-21,23,25-27,29,31-38H2,1-2H3,(H,59,60)/b8-6-,14-12-,18-17-,24-22-,30-28-/t39-,40-,41-,44?,45-,46+,47-,48-,49?/m1/s1. The second kappa shape index (κ2) is 38.4. The molecule has 0 spiro atoms. The molecule has 15 nitrogen and oxygen atoms in total. The van der Waals surface area contributed by atoms with Crippen LogP contribution in [0.4, 0.5) is 0 Å². The minimum atomic E-state index is -5.21. The summed E-state index contributed by atoms with van der Waals surface area (Å²) in [6, 6.07) is 0. The number of ether oxygens (including phenoxy) is 2. The summed E-state index contributed by atoms with van der Waals surface area (Å²) < 4.78 is 33.4. The minimum Gasteiger partial charge on any atom is -0.462 e. The first-order valence-corrected chi connectivity index (χ1v) is 25.8. The molecule has 16 heteroatoms. The third-order valence-electron chi connectivity index (χ3n) is 11.0. The van der Waals surface area contributed by atoms with Crippen LogP contribution >= 0.6 is 7.82 Å². The summed E-state index contributed by atoms with van der Waals surface area (Å²) in [6.45, 7) is 2.93. The average molecular weight is 945 g/mol. The highest BCUT2D eigenvalue weighted by Crippen LogP contribution is 2.47. The monoisotopic (exact) mass is 945 g/mol. The summed E-state index contributed by atoms with van der Waals surface area (Å²) in [5, 5.41) is 71.0. The van der Waals surface area contributed by atoms with Gasteiger partial charge in [-0.05, 0) is 77.0 Å². The van der Waals surface area contributed by atoms with Crippen molar-refractivity contribution >= 4 is 19.8 Å². The lowest BCUT2D eigenvalue weighted by Gasteiger charge is -2.41. The summed E-state index contributed by atoms with van der Waals surface area (Å²) >= 11 is 0. The second-order valence-corrected chi connectivity index (χ2v) is 18.3. The molecule has 0 aromatic rings. The van der Waals surface area contributed by atoms with Crippen LogP contribution in [0.5, 0.6) is 0 Å². The predicted molar refractivity (Wildman–Crippen MR) is 251 cm³/mol. The van der Waals surface area contributed by atoms with Crippen molar-refractivity contribution in [2.24, 2.45) is 0 Å². The Morgan fingerprint density at radius 1 is 0.554 bits per heavy atom. The average Bonchev–Trinajstić information content (AvgIpc) is 3.28. The van der Waals surface area contributed by atoms with E-state index in [0.717, 1.165) is 70.6 Å². The Labute approximate surface area is 388 Å². The van der Waals surface area contributed by atoms with Gasteiger partial charge in [0.2, 0.25) is 0 Å². The van der Waals surface area contributed by atoms with Crippen molar-refractivity contribution in [2.45, 2.75) is 223 Å². The minimum absolute atomic E-state index is 0.0643. The molecular weight excluding hydrogens is 859 g/mol. The number of esters is 2. The summed E-state index contributed by atoms with van der Waals surface area (Å²) in [5.41, 5.74) is 0. The van der Waals surface area contributed by atoms with Gasteiger partial charge in [-0.3, -0.25) is 18.6 Å². The van der Waals surface area contributed by atoms with Crippen molar-refractivity contribution < 1.29 is 73.3 Å². The topological polar surface area (TPSA) is 250 Å². The number of carbonyl (C=O) groups is 2. The molecule has 3 unspecified atom stereocenters. The van der Waals surface area contributed by atoms with Crippen LogP contribution in [0.15, 0.2) is 60.8 Å². The maximum atomic E-state index is 12.8. The number of unbranched alkanes of at least 4 members (excludes halogenated alkanes) is 13. The highest BCUT2D eigenvalue weighted by Gasteiger charge is 2.51. The van der Waals surface area contributed by atoms with E-state index < -0.39 is 87.9 Å². The number of allylic oxidation sites excluding steroid dienone is 9. The molecule has 0 saturated heterocycles. The van der Waals surface area contributed by atoms with E-state index in [9.17, 15) is 54.8 Å². The molecule has 65 heavy (non-hydrogen) atoms. The zero-order valence-corrected chi connectivity index (χ0v) is 40.1. The van der Waals surface area contributed by atoms with Crippen LogP contribution < -0.4 is 0 Å². The van der Waals surface area contributed by atoms with Crippen LogP contribution in [0.25, 0.3) is 0 Å². The van der Waals surface area contributed by atoms with E-state index in [4.69, 9.17) is 18.5 Å². The summed E-state index contributed by atoms with van der Waals surface area (Å²) in [7, 11) is -5.21. The quantitative estimate of drug-likeness (QED) is 0.0127. The zero-order valence-electron chi connectivity index (χ0n) is 39.2. The number of phosphoric ester groups is 1. The molecule has 0 amide bonds. The van der Waals surface area contributed by atoms with Crippen LogP contribution in [0.1, 0.15) is 168 Å². The molecule has 8 N–H and O–H groups in total. The van der Waals surface area contributed by atoms with Gasteiger partial charge >= 0.3 is 19.8 Å². The molecule has 1 rings (SSSR count). The Morgan fingerprint density at radius 2 is 1.03 bits per heavy atom. The maximum absolute atomic E-state index is 12.8. The van der Waals surface area contributed by atoms with Gasteiger partial charge in [-0.15, -0.1) is 0 Å². The van der Waals surface area contributed by atoms with Crippen molar-refractivity contribution in [1.82, 2.24) is 0 Å². The fourth-order valence-corrected chi connectivity index (χ4v) is 7.99. The Hall–Kier alpha value is -2.53. The lowest BCUT2D eigenvalue weighted by atomic mass is 9.85. The third kappa shape index (κ3) is 30.5. The third-order valence-corrected chi connectivity index (χ3v) is 12.0. The molecule has 1 aliphatic rings. The summed E-state index contributed by atoms with van der Waals surface area (Å²) in [5.74, 6) is -1.39. The Balaban J connectivity index is 2.56. The number of hydrogen-bond donors (Lipinski definition) is 8. The number of rotatable bonds is 39. The van der Waals surface area contributed by atoms with Gasteiger partial charge in [-0.2, -0.15) is 0 Å². The van der Waals surface area contributed by atoms with Gasteiger partial charge in [0.25, 0.3) is 0 Å². The van der Waals surface area contributed by atoms with Crippen molar-refractivity contribution in [3.8, 4) is 0 Å². The molecule has 1 aliphatic carbocycles. The molecule has 1 saturated carbocycles. The molecule has 10 atom stereocenters. The normalized spacial score (nSPS) is 22.9. The van der Waals surface area contributed by atoms with Gasteiger partial charge in [0, 0.05) is 12.8 Å². The van der Waals surface area contributed by atoms with Crippen LogP contribution in [0, 0.1) is 0 Å². The highest BCUT2D eigenvalue weighted by molar-refractivity contribution is 7.47. The summed E-state index contributed by atoms with van der Waals surface area (Å²) in [6.07, 6.45) is 25.6. The molecule has 0 radical (unpaired) electrons. The predicted octanol–water partition coefficient (Wildman–Crippen LogP) is 7.67. The van der Waals surface area contributed by atoms with Gasteiger partial charge in [0.15, 0.2) is 6.10 Å². The van der Waals surface area contributed by atoms with Crippen molar-refractivity contribution in [2.75, 3.05) is 13.2 Å². The molecule has 376 valence electrons. The Morgan fingerprint density at radius 3 is 1.58 bits per heavy atom. The molecule has 0 aliphatic heterocycles. The van der Waals surface area contributed by atoms with E-state index in [-0.39, 0.29) is 32.1 Å². The largest absolute Gasteiger partial charge is 0.472 e. The number of aliphatic hydroxyl groups excluding tert-OH is 7. The van der Waals surface area contributed by atoms with E-state index in [2.05, 4.69) is 50.3 Å². The zero-order chi connectivity index (χ0) is 48.1. The molecule has 1 fully saturated rings. The SMILES string of the molecule is CC/C=C\C/C=C\C/C=C\C/C=C\C[C@@H](O)[C@H](O)CCCC(=O)O[C@H](COC(=O)CCCCCCCCC/C=C\CCCCCCCC)COP(=O)(O)OC1[C@H](O)[C@H](O)C(O)[C@H](O)[C@H]1O. The Bertz CT molecular complexity index is 1400. The van der Waals surface area contributed by atoms with Crippen molar-refractivity contribution in [3.63, 3.8) is 0 Å². The van der Waals surface area contributed by atoms with E-state index >= 15 is 0 Å². The highest BCUT2D eigenvalue weighted by atomic mass is 31.2. The van der Waals surface area contributed by atoms with Crippen LogP contribution in [-0.4, -0.2) is 121 Å². The van der Waals surface area contributed by atoms with Gasteiger partial charge in [0.1, 0.15) is 43.2 Å². The van der Waals surface area contributed by atoms with Gasteiger partial charge in [0.05, 0.1) is 18.8 Å². The molecular formula is C49H85O15P. The van der Waals surface area contributed by atoms with Crippen LogP contribution in [0.3, 0.4) is 0 Å². The molecule has 0 bridgehead atoms. The smallest absolute Gasteiger partial charge is 0.462 e. The molecule has 0 heterocycles. The fraction of sp³-hybridized carbons (Fsp3) is 0.755. The number of carbonyl (C=O) groups excluding carboxylic acids is 2. The van der Waals surface area contributed by atoms with Crippen molar-refractivity contribution in [1.29, 1.82) is 0 Å². The number of phosphoric acid groups is 1. The first kappa shape index (κ1) is 60.5. The van der Waals surface area contributed by atoms with Crippen LogP contribution in [0.2, 0.25) is 0 Å². The summed E-state index contributed by atoms with van der Waals surface area (Å²) in [4.78, 5) is 35.8. The second-order valence-electron chi connectivity index (χ2n) is 16.9. The van der Waals surface area contributed by atoms with E-state index in [1.54, 1.807) is 6.08 Å². The first-order valence-electron chi connectivity index (χ1n) is 24.3. The van der Waals surface area contributed by atoms with E-state index in [0.29, 0.717) is 12.8 Å². The van der Waals surface area contributed by atoms with E-state index in [1.165, 1.54) is 38.5 Å². The van der Waals surface area contributed by atoms with Crippen LogP contribution in [-0.2, 0) is 32.7 Å².